The Balaban J connectivity index is 2.34. The molecule has 0 saturated carbocycles. The molecule has 25 heavy (non-hydrogen) atoms. The van der Waals surface area contributed by atoms with Crippen molar-refractivity contribution in [1.82, 2.24) is 0 Å². The second-order valence-electron chi connectivity index (χ2n) is 5.36. The number of nitrogens with zero attached hydrogens (tertiary/aromatic N) is 1. The Kier molecular flexibility index (Phi) is 5.94. The molecule has 1 unspecified atom stereocenters. The van der Waals surface area contributed by atoms with Gasteiger partial charge in [-0.2, -0.15) is 0 Å². The lowest BCUT2D eigenvalue weighted by Crippen LogP contribution is -2.14. The van der Waals surface area contributed by atoms with Crippen molar-refractivity contribution in [2.24, 2.45) is 0 Å². The van der Waals surface area contributed by atoms with E-state index in [0.29, 0.717) is 23.5 Å². The molecule has 2 rings (SSSR count). The molecule has 0 fully saturated rings. The van der Waals surface area contributed by atoms with E-state index in [2.05, 4.69) is 0 Å². The fraction of sp³-hybridized carbons (Fsp3) is 0.278. The Morgan fingerprint density at radius 2 is 2.04 bits per heavy atom. The Labute approximate surface area is 145 Å². The van der Waals surface area contributed by atoms with Gasteiger partial charge in [-0.1, -0.05) is 18.2 Å². The number of nitro groups is 1. The maximum Gasteiger partial charge on any atom is 0.311 e. The Morgan fingerprint density at radius 1 is 1.28 bits per heavy atom. The normalized spacial score (nSPS) is 11.6. The lowest BCUT2D eigenvalue weighted by atomic mass is 9.91. The topological polar surface area (TPSA) is 98.9 Å². The van der Waals surface area contributed by atoms with Crippen LogP contribution in [0.4, 0.5) is 5.69 Å². The van der Waals surface area contributed by atoms with E-state index in [1.54, 1.807) is 30.3 Å². The number of rotatable bonds is 8. The molecule has 132 valence electrons. The van der Waals surface area contributed by atoms with E-state index in [9.17, 15) is 20.0 Å². The van der Waals surface area contributed by atoms with Crippen molar-refractivity contribution >= 4 is 11.7 Å². The van der Waals surface area contributed by atoms with E-state index in [1.165, 1.54) is 19.2 Å². The molecule has 1 atom stereocenters. The van der Waals surface area contributed by atoms with Gasteiger partial charge in [0, 0.05) is 6.07 Å². The van der Waals surface area contributed by atoms with Gasteiger partial charge in [-0.3, -0.25) is 14.9 Å². The van der Waals surface area contributed by atoms with Crippen LogP contribution in [-0.4, -0.2) is 29.7 Å². The summed E-state index contributed by atoms with van der Waals surface area (Å²) >= 11 is 0. The molecule has 7 nitrogen and oxygen atoms in total. The van der Waals surface area contributed by atoms with Gasteiger partial charge in [0.1, 0.15) is 5.75 Å². The minimum absolute atomic E-state index is 0.121. The first-order valence-corrected chi connectivity index (χ1v) is 7.73. The highest BCUT2D eigenvalue weighted by atomic mass is 16.6. The van der Waals surface area contributed by atoms with Gasteiger partial charge in [0.05, 0.1) is 24.6 Å². The molecule has 0 aliphatic heterocycles. The van der Waals surface area contributed by atoms with Crippen LogP contribution >= 0.6 is 0 Å². The highest BCUT2D eigenvalue weighted by Gasteiger charge is 2.23. The quantitative estimate of drug-likeness (QED) is 0.581. The van der Waals surface area contributed by atoms with Gasteiger partial charge in [-0.15, -0.1) is 0 Å². The highest BCUT2D eigenvalue weighted by Crippen LogP contribution is 2.31. The van der Waals surface area contributed by atoms with Crippen molar-refractivity contribution in [2.45, 2.75) is 19.3 Å². The van der Waals surface area contributed by atoms with E-state index >= 15 is 0 Å². The first-order valence-electron chi connectivity index (χ1n) is 7.73. The van der Waals surface area contributed by atoms with E-state index < -0.39 is 16.8 Å². The predicted molar refractivity (Wildman–Crippen MR) is 91.3 cm³/mol. The van der Waals surface area contributed by atoms with Gasteiger partial charge in [0.2, 0.25) is 0 Å². The van der Waals surface area contributed by atoms with Gasteiger partial charge in [0.25, 0.3) is 0 Å². The van der Waals surface area contributed by atoms with Crippen LogP contribution in [0, 0.1) is 10.1 Å². The van der Waals surface area contributed by atoms with Crippen molar-refractivity contribution in [1.29, 1.82) is 0 Å². The number of benzene rings is 2. The molecular formula is C18H19NO6. The van der Waals surface area contributed by atoms with Crippen LogP contribution in [0.15, 0.2) is 42.5 Å². The Morgan fingerprint density at radius 3 is 2.64 bits per heavy atom. The zero-order chi connectivity index (χ0) is 18.4. The molecule has 0 amide bonds. The largest absolute Gasteiger partial charge is 0.494 e. The molecule has 2 aromatic carbocycles. The third kappa shape index (κ3) is 4.47. The molecule has 0 spiro atoms. The zero-order valence-corrected chi connectivity index (χ0v) is 14.0. The van der Waals surface area contributed by atoms with Crippen molar-refractivity contribution in [3.8, 4) is 11.5 Å². The molecule has 1 N–H and O–H groups in total. The van der Waals surface area contributed by atoms with Crippen molar-refractivity contribution < 1.29 is 24.3 Å². The SMILES string of the molecule is CCOc1cccc(C(Cc2ccc(OC)c([N+](=O)[O-])c2)C(=O)O)c1. The fourth-order valence-corrected chi connectivity index (χ4v) is 2.58. The van der Waals surface area contributed by atoms with E-state index in [4.69, 9.17) is 9.47 Å². The zero-order valence-electron chi connectivity index (χ0n) is 14.0. The first-order chi connectivity index (χ1) is 12.0. The molecule has 0 saturated heterocycles. The fourth-order valence-electron chi connectivity index (χ4n) is 2.58. The highest BCUT2D eigenvalue weighted by molar-refractivity contribution is 5.76. The molecule has 0 heterocycles. The standard InChI is InChI=1S/C18H19NO6/c1-3-25-14-6-4-5-13(11-14)15(18(20)21)9-12-7-8-17(24-2)16(10-12)19(22)23/h4-8,10-11,15H,3,9H2,1-2H3,(H,20,21). The van der Waals surface area contributed by atoms with Gasteiger partial charge < -0.3 is 14.6 Å². The van der Waals surface area contributed by atoms with Gasteiger partial charge >= 0.3 is 11.7 Å². The summed E-state index contributed by atoms with van der Waals surface area (Å²) in [6.45, 7) is 2.32. The van der Waals surface area contributed by atoms with Gasteiger partial charge in [0.15, 0.2) is 5.75 Å². The summed E-state index contributed by atoms with van der Waals surface area (Å²) in [5.41, 5.74) is 0.936. The van der Waals surface area contributed by atoms with Crippen LogP contribution in [0.2, 0.25) is 0 Å². The van der Waals surface area contributed by atoms with Crippen LogP contribution in [0.1, 0.15) is 24.0 Å². The number of carboxylic acids is 1. The summed E-state index contributed by atoms with van der Waals surface area (Å²) in [5.74, 6) is -1.12. The summed E-state index contributed by atoms with van der Waals surface area (Å²) < 4.78 is 10.4. The molecular weight excluding hydrogens is 326 g/mol. The first kappa shape index (κ1) is 18.3. The van der Waals surface area contributed by atoms with Crippen LogP contribution in [-0.2, 0) is 11.2 Å². The lowest BCUT2D eigenvalue weighted by molar-refractivity contribution is -0.385. The third-order valence-electron chi connectivity index (χ3n) is 3.75. The number of nitro benzene ring substituents is 1. The Hall–Kier alpha value is -3.09. The summed E-state index contributed by atoms with van der Waals surface area (Å²) in [6, 6.07) is 11.3. The number of carbonyl (C=O) groups is 1. The second kappa shape index (κ2) is 8.14. The van der Waals surface area contributed by atoms with Crippen LogP contribution < -0.4 is 9.47 Å². The molecule has 0 aliphatic rings. The molecule has 0 bridgehead atoms. The average molecular weight is 345 g/mol. The number of aliphatic carboxylic acids is 1. The van der Waals surface area contributed by atoms with E-state index in [1.807, 2.05) is 6.92 Å². The Bertz CT molecular complexity index is 774. The number of carboxylic acid groups (broad SMARTS) is 1. The van der Waals surface area contributed by atoms with Crippen LogP contribution in [0.5, 0.6) is 11.5 Å². The van der Waals surface area contributed by atoms with Gasteiger partial charge in [-0.25, -0.2) is 0 Å². The van der Waals surface area contributed by atoms with Crippen molar-refractivity contribution in [2.75, 3.05) is 13.7 Å². The second-order valence-corrected chi connectivity index (χ2v) is 5.36. The minimum Gasteiger partial charge on any atom is -0.494 e. The smallest absolute Gasteiger partial charge is 0.311 e. The summed E-state index contributed by atoms with van der Waals surface area (Å²) in [7, 11) is 1.35. The van der Waals surface area contributed by atoms with E-state index in [-0.39, 0.29) is 17.9 Å². The summed E-state index contributed by atoms with van der Waals surface area (Å²) in [6.07, 6.45) is 0.121. The molecule has 0 aromatic heterocycles. The maximum absolute atomic E-state index is 11.7. The average Bonchev–Trinajstić information content (AvgIpc) is 2.59. The molecule has 2 aromatic rings. The number of hydrogen-bond acceptors (Lipinski definition) is 5. The molecule has 0 radical (unpaired) electrons. The van der Waals surface area contributed by atoms with Crippen LogP contribution in [0.3, 0.4) is 0 Å². The predicted octanol–water partition coefficient (Wildman–Crippen LogP) is 3.41. The van der Waals surface area contributed by atoms with Crippen LogP contribution in [0.25, 0.3) is 0 Å². The number of hydrogen-bond donors (Lipinski definition) is 1. The monoisotopic (exact) mass is 345 g/mol. The molecule has 0 aliphatic carbocycles. The summed E-state index contributed by atoms with van der Waals surface area (Å²) in [4.78, 5) is 22.3. The summed E-state index contributed by atoms with van der Waals surface area (Å²) in [5, 5.41) is 20.7. The number of ether oxygens (including phenoxy) is 2. The van der Waals surface area contributed by atoms with E-state index in [0.717, 1.165) is 0 Å². The molecule has 7 heteroatoms. The van der Waals surface area contributed by atoms with Gasteiger partial charge in [-0.05, 0) is 42.7 Å². The minimum atomic E-state index is -1.01. The maximum atomic E-state index is 11.7. The number of methoxy groups -OCH3 is 1. The van der Waals surface area contributed by atoms with Crippen molar-refractivity contribution in [3.63, 3.8) is 0 Å². The third-order valence-corrected chi connectivity index (χ3v) is 3.75. The van der Waals surface area contributed by atoms with Crippen molar-refractivity contribution in [3.05, 3.63) is 63.7 Å². The lowest BCUT2D eigenvalue weighted by Gasteiger charge is -2.14.